The fourth-order valence-electron chi connectivity index (χ4n) is 3.56. The number of amides is 2. The van der Waals surface area contributed by atoms with Gasteiger partial charge in [-0.15, -0.1) is 0 Å². The van der Waals surface area contributed by atoms with Crippen molar-refractivity contribution in [3.05, 3.63) is 42.0 Å². The summed E-state index contributed by atoms with van der Waals surface area (Å²) in [4.78, 5) is 16.4. The third-order valence-corrected chi connectivity index (χ3v) is 5.02. The van der Waals surface area contributed by atoms with E-state index in [0.717, 1.165) is 18.6 Å². The number of nitrogens with zero attached hydrogens (tertiary/aromatic N) is 2. The number of nitrogens with one attached hydrogen (secondary N) is 3. The Morgan fingerprint density at radius 3 is 2.88 bits per heavy atom. The lowest BCUT2D eigenvalue weighted by molar-refractivity contribution is 0.233. The van der Waals surface area contributed by atoms with Crippen LogP contribution in [0.1, 0.15) is 50.0 Å². The molecule has 0 unspecified atom stereocenters. The van der Waals surface area contributed by atoms with Gasteiger partial charge in [-0.1, -0.05) is 25.0 Å². The Hall–Kier alpha value is -2.57. The summed E-state index contributed by atoms with van der Waals surface area (Å²) in [6.45, 7) is 2.47. The number of carbonyl (C=O) groups is 1. The Kier molecular flexibility index (Phi) is 5.21. The van der Waals surface area contributed by atoms with Crippen LogP contribution in [-0.2, 0) is 5.41 Å². The van der Waals surface area contributed by atoms with Gasteiger partial charge in [-0.25, -0.2) is 9.78 Å². The van der Waals surface area contributed by atoms with Gasteiger partial charge in [-0.3, -0.25) is 5.10 Å². The summed E-state index contributed by atoms with van der Waals surface area (Å²) < 4.78 is 5.36. The van der Waals surface area contributed by atoms with Crippen LogP contribution >= 0.6 is 0 Å². The standard InChI is InChI=1S/C18H25N5O2/c1-13(16-20-12-21-23-16)22-17(24)19-11-18(8-3-4-9-18)14-6-5-7-15(10-14)25-2/h5-7,10,12-13H,3-4,8-9,11H2,1-2H3,(H2,19,22,24)(H,20,21,23)/t13-/m1/s1. The molecular formula is C18H25N5O2. The lowest BCUT2D eigenvalue weighted by Crippen LogP contribution is -2.44. The highest BCUT2D eigenvalue weighted by Gasteiger charge is 2.36. The first-order chi connectivity index (χ1) is 12.1. The number of hydrogen-bond acceptors (Lipinski definition) is 4. The van der Waals surface area contributed by atoms with Crippen molar-refractivity contribution < 1.29 is 9.53 Å². The van der Waals surface area contributed by atoms with Crippen LogP contribution in [-0.4, -0.2) is 34.9 Å². The number of urea groups is 1. The molecule has 1 aliphatic carbocycles. The maximum atomic E-state index is 12.3. The van der Waals surface area contributed by atoms with Gasteiger partial charge in [0.05, 0.1) is 13.2 Å². The van der Waals surface area contributed by atoms with Gasteiger partial charge in [0.2, 0.25) is 0 Å². The number of aromatic nitrogens is 3. The Labute approximate surface area is 147 Å². The van der Waals surface area contributed by atoms with E-state index in [1.807, 2.05) is 19.1 Å². The molecule has 0 saturated heterocycles. The van der Waals surface area contributed by atoms with Crippen LogP contribution in [0.4, 0.5) is 4.79 Å². The van der Waals surface area contributed by atoms with Crippen molar-refractivity contribution in [2.24, 2.45) is 0 Å². The van der Waals surface area contributed by atoms with E-state index in [9.17, 15) is 4.79 Å². The van der Waals surface area contributed by atoms with Gasteiger partial charge in [-0.2, -0.15) is 5.10 Å². The molecule has 1 heterocycles. The normalized spacial score (nSPS) is 17.0. The zero-order chi connectivity index (χ0) is 17.7. The van der Waals surface area contributed by atoms with Crippen molar-refractivity contribution in [1.82, 2.24) is 25.8 Å². The van der Waals surface area contributed by atoms with Crippen LogP contribution in [0.2, 0.25) is 0 Å². The molecule has 2 aromatic rings. The fraction of sp³-hybridized carbons (Fsp3) is 0.500. The maximum Gasteiger partial charge on any atom is 0.315 e. The van der Waals surface area contributed by atoms with Gasteiger partial charge in [0, 0.05) is 12.0 Å². The van der Waals surface area contributed by atoms with Crippen LogP contribution in [0.15, 0.2) is 30.6 Å². The molecule has 1 aromatic heterocycles. The summed E-state index contributed by atoms with van der Waals surface area (Å²) in [6.07, 6.45) is 5.92. The van der Waals surface area contributed by atoms with E-state index in [2.05, 4.69) is 37.9 Å². The lowest BCUT2D eigenvalue weighted by atomic mass is 9.78. The van der Waals surface area contributed by atoms with Gasteiger partial charge >= 0.3 is 6.03 Å². The minimum Gasteiger partial charge on any atom is -0.497 e. The molecule has 3 rings (SSSR count). The first-order valence-corrected chi connectivity index (χ1v) is 8.67. The molecule has 1 saturated carbocycles. The van der Waals surface area contributed by atoms with E-state index in [1.165, 1.54) is 24.7 Å². The van der Waals surface area contributed by atoms with Crippen LogP contribution in [0.5, 0.6) is 5.75 Å². The van der Waals surface area contributed by atoms with Gasteiger partial charge in [0.15, 0.2) is 0 Å². The quantitative estimate of drug-likeness (QED) is 0.752. The van der Waals surface area contributed by atoms with E-state index in [-0.39, 0.29) is 17.5 Å². The van der Waals surface area contributed by atoms with Crippen molar-refractivity contribution in [3.8, 4) is 5.75 Å². The smallest absolute Gasteiger partial charge is 0.315 e. The number of methoxy groups -OCH3 is 1. The van der Waals surface area contributed by atoms with Crippen molar-refractivity contribution in [1.29, 1.82) is 0 Å². The first kappa shape index (κ1) is 17.3. The highest BCUT2D eigenvalue weighted by molar-refractivity contribution is 5.74. The Bertz CT molecular complexity index is 695. The summed E-state index contributed by atoms with van der Waals surface area (Å²) in [6, 6.07) is 7.76. The number of hydrogen-bond donors (Lipinski definition) is 3. The van der Waals surface area contributed by atoms with Crippen molar-refractivity contribution >= 4 is 6.03 Å². The summed E-state index contributed by atoms with van der Waals surface area (Å²) in [5, 5.41) is 12.5. The lowest BCUT2D eigenvalue weighted by Gasteiger charge is -2.30. The average Bonchev–Trinajstić information content (AvgIpc) is 3.32. The molecule has 1 aromatic carbocycles. The fourth-order valence-corrected chi connectivity index (χ4v) is 3.56. The highest BCUT2D eigenvalue weighted by Crippen LogP contribution is 2.41. The number of ether oxygens (including phenoxy) is 1. The molecule has 134 valence electrons. The number of benzene rings is 1. The minimum absolute atomic E-state index is 0.0264. The van der Waals surface area contributed by atoms with Crippen LogP contribution < -0.4 is 15.4 Å². The SMILES string of the molecule is COc1cccc(C2(CNC(=O)N[C@H](C)c3ncn[nH]3)CCCC2)c1. The zero-order valence-corrected chi connectivity index (χ0v) is 14.7. The summed E-state index contributed by atoms with van der Waals surface area (Å²) >= 11 is 0. The van der Waals surface area contributed by atoms with E-state index in [0.29, 0.717) is 12.4 Å². The van der Waals surface area contributed by atoms with E-state index >= 15 is 0 Å². The third-order valence-electron chi connectivity index (χ3n) is 5.02. The largest absolute Gasteiger partial charge is 0.497 e. The molecule has 3 N–H and O–H groups in total. The molecule has 2 amide bonds. The average molecular weight is 343 g/mol. The monoisotopic (exact) mass is 343 g/mol. The zero-order valence-electron chi connectivity index (χ0n) is 14.7. The molecule has 0 bridgehead atoms. The van der Waals surface area contributed by atoms with Gasteiger partial charge < -0.3 is 15.4 Å². The second-order valence-corrected chi connectivity index (χ2v) is 6.64. The predicted octanol–water partition coefficient (Wildman–Crippen LogP) is 2.69. The molecule has 1 fully saturated rings. The summed E-state index contributed by atoms with van der Waals surface area (Å²) in [5.74, 6) is 1.49. The Balaban J connectivity index is 1.65. The topological polar surface area (TPSA) is 91.9 Å². The van der Waals surface area contributed by atoms with Gasteiger partial charge in [-0.05, 0) is 37.5 Å². The Morgan fingerprint density at radius 2 is 2.20 bits per heavy atom. The van der Waals surface area contributed by atoms with E-state index in [4.69, 9.17) is 4.74 Å². The summed E-state index contributed by atoms with van der Waals surface area (Å²) in [7, 11) is 1.68. The first-order valence-electron chi connectivity index (χ1n) is 8.67. The van der Waals surface area contributed by atoms with Crippen molar-refractivity contribution in [3.63, 3.8) is 0 Å². The molecule has 1 aliphatic rings. The molecule has 25 heavy (non-hydrogen) atoms. The van der Waals surface area contributed by atoms with Crippen molar-refractivity contribution in [2.45, 2.75) is 44.1 Å². The van der Waals surface area contributed by atoms with Crippen LogP contribution in [0, 0.1) is 0 Å². The number of aromatic amines is 1. The highest BCUT2D eigenvalue weighted by atomic mass is 16.5. The maximum absolute atomic E-state index is 12.3. The van der Waals surface area contributed by atoms with Gasteiger partial charge in [0.1, 0.15) is 17.9 Å². The second-order valence-electron chi connectivity index (χ2n) is 6.64. The third kappa shape index (κ3) is 3.92. The number of rotatable bonds is 6. The predicted molar refractivity (Wildman–Crippen MR) is 94.5 cm³/mol. The van der Waals surface area contributed by atoms with E-state index < -0.39 is 0 Å². The molecule has 0 spiro atoms. The molecule has 7 heteroatoms. The molecule has 1 atom stereocenters. The van der Waals surface area contributed by atoms with Crippen LogP contribution in [0.3, 0.4) is 0 Å². The molecule has 7 nitrogen and oxygen atoms in total. The molecule has 0 aliphatic heterocycles. The second kappa shape index (κ2) is 7.55. The molecule has 0 radical (unpaired) electrons. The molecular weight excluding hydrogens is 318 g/mol. The van der Waals surface area contributed by atoms with Crippen molar-refractivity contribution in [2.75, 3.05) is 13.7 Å². The van der Waals surface area contributed by atoms with Crippen LogP contribution in [0.25, 0.3) is 0 Å². The van der Waals surface area contributed by atoms with E-state index in [1.54, 1.807) is 7.11 Å². The Morgan fingerprint density at radius 1 is 1.40 bits per heavy atom. The number of H-pyrrole nitrogens is 1. The van der Waals surface area contributed by atoms with Gasteiger partial charge in [0.25, 0.3) is 0 Å². The summed E-state index contributed by atoms with van der Waals surface area (Å²) in [5.41, 5.74) is 1.20. The number of carbonyl (C=O) groups excluding carboxylic acids is 1. The minimum atomic E-state index is -0.223.